The third-order valence-electron chi connectivity index (χ3n) is 2.57. The highest BCUT2D eigenvalue weighted by atomic mass is 79.9. The third-order valence-corrected chi connectivity index (χ3v) is 4.03. The van der Waals surface area contributed by atoms with E-state index in [4.69, 9.17) is 0 Å². The van der Waals surface area contributed by atoms with Gasteiger partial charge in [0.1, 0.15) is 0 Å². The molecule has 0 amide bonds. The van der Waals surface area contributed by atoms with Crippen LogP contribution in [-0.2, 0) is 0 Å². The van der Waals surface area contributed by atoms with E-state index in [0.717, 1.165) is 10.2 Å². The lowest BCUT2D eigenvalue weighted by Gasteiger charge is -2.19. The van der Waals surface area contributed by atoms with Gasteiger partial charge in [-0.25, -0.2) is 0 Å². The number of aromatic nitrogens is 3. The smallest absolute Gasteiger partial charge is 0.0867 e. The van der Waals surface area contributed by atoms with Gasteiger partial charge in [-0.05, 0) is 36.8 Å². The van der Waals surface area contributed by atoms with E-state index in [1.165, 1.54) is 4.88 Å². The van der Waals surface area contributed by atoms with Gasteiger partial charge >= 0.3 is 0 Å². The Kier molecular flexibility index (Phi) is 3.96. The van der Waals surface area contributed by atoms with Crippen LogP contribution < -0.4 is 5.32 Å². The van der Waals surface area contributed by atoms with Crippen molar-refractivity contribution in [2.45, 2.75) is 25.9 Å². The molecular weight excluding hydrogens is 300 g/mol. The lowest BCUT2D eigenvalue weighted by Crippen LogP contribution is -2.22. The van der Waals surface area contributed by atoms with E-state index < -0.39 is 0 Å². The Hall–Kier alpha value is -0.720. The molecular formula is C11H15BrN4S. The highest BCUT2D eigenvalue weighted by Crippen LogP contribution is 2.31. The molecule has 2 rings (SSSR count). The van der Waals surface area contributed by atoms with Gasteiger partial charge < -0.3 is 5.32 Å². The van der Waals surface area contributed by atoms with Gasteiger partial charge in [-0.15, -0.1) is 11.3 Å². The zero-order valence-corrected chi connectivity index (χ0v) is 12.4. The van der Waals surface area contributed by atoms with Crippen LogP contribution in [0.1, 0.15) is 36.5 Å². The van der Waals surface area contributed by atoms with Gasteiger partial charge in [0.25, 0.3) is 0 Å². The molecule has 0 saturated carbocycles. The summed E-state index contributed by atoms with van der Waals surface area (Å²) < 4.78 is 3.06. The van der Waals surface area contributed by atoms with Crippen LogP contribution in [0.25, 0.3) is 0 Å². The number of halogens is 1. The highest BCUT2D eigenvalue weighted by molar-refractivity contribution is 9.10. The zero-order valence-electron chi connectivity index (χ0n) is 10.0. The number of nitrogens with one attached hydrogen (secondary N) is 1. The van der Waals surface area contributed by atoms with Crippen molar-refractivity contribution in [3.8, 4) is 0 Å². The summed E-state index contributed by atoms with van der Waals surface area (Å²) >= 11 is 5.22. The van der Waals surface area contributed by atoms with E-state index in [1.807, 2.05) is 29.6 Å². The van der Waals surface area contributed by atoms with Crippen LogP contribution in [-0.4, -0.2) is 21.8 Å². The summed E-state index contributed by atoms with van der Waals surface area (Å²) in [5.41, 5.74) is 3.00. The van der Waals surface area contributed by atoms with E-state index in [-0.39, 0.29) is 6.04 Å². The van der Waals surface area contributed by atoms with Crippen molar-refractivity contribution in [3.05, 3.63) is 32.9 Å². The van der Waals surface area contributed by atoms with Crippen molar-refractivity contribution in [2.24, 2.45) is 0 Å². The van der Waals surface area contributed by atoms with Crippen molar-refractivity contribution in [2.75, 3.05) is 7.05 Å². The number of thiazole rings is 1. The second-order valence-electron chi connectivity index (χ2n) is 4.04. The normalized spacial score (nSPS) is 13.2. The lowest BCUT2D eigenvalue weighted by atomic mass is 10.1. The van der Waals surface area contributed by atoms with Gasteiger partial charge in [0.15, 0.2) is 0 Å². The Balaban J connectivity index is 2.47. The summed E-state index contributed by atoms with van der Waals surface area (Å²) in [6, 6.07) is 0.460. The number of nitrogens with zero attached hydrogens (tertiary/aromatic N) is 3. The summed E-state index contributed by atoms with van der Waals surface area (Å²) in [6.07, 6.45) is 3.75. The summed E-state index contributed by atoms with van der Waals surface area (Å²) in [4.78, 5) is 5.33. The first-order valence-electron chi connectivity index (χ1n) is 5.43. The van der Waals surface area contributed by atoms with Crippen LogP contribution in [0.3, 0.4) is 0 Å². The Bertz CT molecular complexity index is 478. The third kappa shape index (κ3) is 2.43. The van der Waals surface area contributed by atoms with Crippen LogP contribution >= 0.6 is 27.3 Å². The van der Waals surface area contributed by atoms with Crippen molar-refractivity contribution in [3.63, 3.8) is 0 Å². The molecule has 0 radical (unpaired) electrons. The van der Waals surface area contributed by atoms with E-state index in [9.17, 15) is 0 Å². The first kappa shape index (κ1) is 12.7. The van der Waals surface area contributed by atoms with Crippen molar-refractivity contribution < 1.29 is 0 Å². The van der Waals surface area contributed by atoms with Crippen molar-refractivity contribution >= 4 is 27.3 Å². The lowest BCUT2D eigenvalue weighted by molar-refractivity contribution is 0.485. The molecule has 4 nitrogen and oxygen atoms in total. The average molecular weight is 315 g/mol. The molecule has 6 heteroatoms. The van der Waals surface area contributed by atoms with Crippen molar-refractivity contribution in [1.82, 2.24) is 20.1 Å². The van der Waals surface area contributed by atoms with E-state index >= 15 is 0 Å². The molecule has 0 bridgehead atoms. The monoisotopic (exact) mass is 314 g/mol. The standard InChI is InChI=1S/C11H15BrN4S/c1-7(2)16-11(8(12)4-15-16)10(13-3)9-5-14-6-17-9/h4-7,10,13H,1-3H3. The van der Waals surface area contributed by atoms with Crippen LogP contribution in [0, 0.1) is 0 Å². The predicted molar refractivity (Wildman–Crippen MR) is 73.3 cm³/mol. The Morgan fingerprint density at radius 3 is 2.71 bits per heavy atom. The number of hydrogen-bond acceptors (Lipinski definition) is 4. The first-order chi connectivity index (χ1) is 8.15. The van der Waals surface area contributed by atoms with Crippen LogP contribution in [0.15, 0.2) is 22.4 Å². The molecule has 0 fully saturated rings. The van der Waals surface area contributed by atoms with Gasteiger partial charge in [0.2, 0.25) is 0 Å². The van der Waals surface area contributed by atoms with Gasteiger partial charge in [0.05, 0.1) is 27.9 Å². The molecule has 2 aromatic heterocycles. The van der Waals surface area contributed by atoms with E-state index in [0.29, 0.717) is 6.04 Å². The molecule has 1 unspecified atom stereocenters. The molecule has 1 N–H and O–H groups in total. The molecule has 2 heterocycles. The first-order valence-corrected chi connectivity index (χ1v) is 7.11. The second kappa shape index (κ2) is 5.29. The fraction of sp³-hybridized carbons (Fsp3) is 0.455. The largest absolute Gasteiger partial charge is 0.307 e. The minimum absolute atomic E-state index is 0.127. The fourth-order valence-electron chi connectivity index (χ4n) is 1.81. The maximum Gasteiger partial charge on any atom is 0.0867 e. The second-order valence-corrected chi connectivity index (χ2v) is 5.81. The molecule has 92 valence electrons. The molecule has 0 aliphatic rings. The molecule has 0 aromatic carbocycles. The Morgan fingerprint density at radius 1 is 1.41 bits per heavy atom. The molecule has 0 saturated heterocycles. The average Bonchev–Trinajstić information content (AvgIpc) is 2.91. The summed E-state index contributed by atoms with van der Waals surface area (Å²) in [5.74, 6) is 0. The number of rotatable bonds is 4. The topological polar surface area (TPSA) is 42.7 Å². The molecule has 1 atom stereocenters. The van der Waals surface area contributed by atoms with Gasteiger partial charge in [0, 0.05) is 17.1 Å². The Labute approximate surface area is 113 Å². The molecule has 17 heavy (non-hydrogen) atoms. The molecule has 0 aliphatic carbocycles. The maximum absolute atomic E-state index is 4.41. The van der Waals surface area contributed by atoms with Crippen molar-refractivity contribution in [1.29, 1.82) is 0 Å². The molecule has 2 aromatic rings. The molecule has 0 spiro atoms. The minimum Gasteiger partial charge on any atom is -0.307 e. The quantitative estimate of drug-likeness (QED) is 0.943. The summed E-state index contributed by atoms with van der Waals surface area (Å²) in [5, 5.41) is 7.73. The fourth-order valence-corrected chi connectivity index (χ4v) is 3.05. The van der Waals surface area contributed by atoms with Gasteiger partial charge in [-0.2, -0.15) is 5.10 Å². The maximum atomic E-state index is 4.41. The number of hydrogen-bond donors (Lipinski definition) is 1. The highest BCUT2D eigenvalue weighted by Gasteiger charge is 2.22. The predicted octanol–water partition coefficient (Wildman–Crippen LogP) is 2.99. The SMILES string of the molecule is CNC(c1cncs1)c1c(Br)cnn1C(C)C. The van der Waals surface area contributed by atoms with E-state index in [1.54, 1.807) is 11.3 Å². The van der Waals surface area contributed by atoms with Crippen LogP contribution in [0.4, 0.5) is 0 Å². The van der Waals surface area contributed by atoms with Crippen LogP contribution in [0.2, 0.25) is 0 Å². The zero-order chi connectivity index (χ0) is 12.4. The summed E-state index contributed by atoms with van der Waals surface area (Å²) in [7, 11) is 1.95. The Morgan fingerprint density at radius 2 is 2.18 bits per heavy atom. The van der Waals surface area contributed by atoms with E-state index in [2.05, 4.69) is 45.2 Å². The minimum atomic E-state index is 0.127. The van der Waals surface area contributed by atoms with Gasteiger partial charge in [-0.1, -0.05) is 0 Å². The summed E-state index contributed by atoms with van der Waals surface area (Å²) in [6.45, 7) is 4.25. The van der Waals surface area contributed by atoms with Crippen LogP contribution in [0.5, 0.6) is 0 Å². The molecule has 0 aliphatic heterocycles. The van der Waals surface area contributed by atoms with Gasteiger partial charge in [-0.3, -0.25) is 9.67 Å².